The molecule has 0 aliphatic heterocycles. The van der Waals surface area contributed by atoms with Crippen molar-refractivity contribution >= 4 is 38.7 Å². The second-order valence-corrected chi connectivity index (χ2v) is 6.77. The van der Waals surface area contributed by atoms with Crippen LogP contribution >= 0.6 is 0 Å². The van der Waals surface area contributed by atoms with Crippen molar-refractivity contribution < 1.29 is 0 Å². The van der Waals surface area contributed by atoms with Crippen LogP contribution < -0.4 is 5.56 Å². The van der Waals surface area contributed by atoms with Crippen LogP contribution in [0.1, 0.15) is 11.4 Å². The zero-order chi connectivity index (χ0) is 19.1. The van der Waals surface area contributed by atoms with Crippen molar-refractivity contribution in [3.05, 3.63) is 101 Å². The summed E-state index contributed by atoms with van der Waals surface area (Å²) in [4.78, 5) is 17.4. The Bertz CT molecular complexity index is 1390. The minimum Gasteiger partial charge on any atom is -0.267 e. The summed E-state index contributed by atoms with van der Waals surface area (Å²) in [6, 6.07) is 26.0. The van der Waals surface area contributed by atoms with Crippen LogP contribution in [0.15, 0.2) is 88.8 Å². The maximum absolute atomic E-state index is 12.9. The number of hydrogen-bond acceptors (Lipinski definition) is 3. The van der Waals surface area contributed by atoms with E-state index in [0.717, 1.165) is 27.1 Å². The molecule has 1 heterocycles. The van der Waals surface area contributed by atoms with Crippen molar-refractivity contribution in [2.45, 2.75) is 6.92 Å². The highest BCUT2D eigenvalue weighted by molar-refractivity contribution is 6.13. The van der Waals surface area contributed by atoms with Crippen LogP contribution in [-0.2, 0) is 0 Å². The molecule has 134 valence electrons. The summed E-state index contributed by atoms with van der Waals surface area (Å²) in [7, 11) is 0. The fourth-order valence-corrected chi connectivity index (χ4v) is 3.67. The van der Waals surface area contributed by atoms with Crippen LogP contribution in [-0.4, -0.2) is 15.9 Å². The van der Waals surface area contributed by atoms with E-state index in [1.807, 2.05) is 42.5 Å². The first-order valence-corrected chi connectivity index (χ1v) is 9.15. The lowest BCUT2D eigenvalue weighted by molar-refractivity contribution is 0.771. The maximum atomic E-state index is 12.9. The van der Waals surface area contributed by atoms with Gasteiger partial charge in [0.15, 0.2) is 0 Å². The van der Waals surface area contributed by atoms with E-state index >= 15 is 0 Å². The summed E-state index contributed by atoms with van der Waals surface area (Å²) in [5.74, 6) is 0.560. The van der Waals surface area contributed by atoms with Crippen LogP contribution in [0, 0.1) is 6.92 Å². The summed E-state index contributed by atoms with van der Waals surface area (Å²) in [6.45, 7) is 1.80. The number of nitrogens with zero attached hydrogens (tertiary/aromatic N) is 3. The zero-order valence-corrected chi connectivity index (χ0v) is 15.3. The van der Waals surface area contributed by atoms with E-state index in [2.05, 4.69) is 40.4 Å². The van der Waals surface area contributed by atoms with Crippen LogP contribution in [0.3, 0.4) is 0 Å². The fraction of sp³-hybridized carbons (Fsp3) is 0.0417. The average Bonchev–Trinajstić information content (AvgIpc) is 2.73. The van der Waals surface area contributed by atoms with Gasteiger partial charge in [0.2, 0.25) is 0 Å². The minimum absolute atomic E-state index is 0.163. The third kappa shape index (κ3) is 2.58. The molecule has 0 bridgehead atoms. The van der Waals surface area contributed by atoms with Gasteiger partial charge in [0.05, 0.1) is 17.1 Å². The van der Waals surface area contributed by atoms with Gasteiger partial charge in [-0.1, -0.05) is 60.7 Å². The summed E-state index contributed by atoms with van der Waals surface area (Å²) in [5.41, 5.74) is 1.52. The van der Waals surface area contributed by atoms with E-state index in [0.29, 0.717) is 16.7 Å². The molecule has 4 heteroatoms. The molecule has 5 rings (SSSR count). The molecule has 0 atom stereocenters. The Hall–Kier alpha value is -3.79. The van der Waals surface area contributed by atoms with Gasteiger partial charge in [0.1, 0.15) is 5.82 Å². The Labute approximate surface area is 161 Å². The van der Waals surface area contributed by atoms with Gasteiger partial charge < -0.3 is 0 Å². The van der Waals surface area contributed by atoms with E-state index in [9.17, 15) is 4.79 Å². The normalized spacial score (nSPS) is 11.8. The van der Waals surface area contributed by atoms with Gasteiger partial charge in [-0.05, 0) is 46.7 Å². The Balaban J connectivity index is 1.77. The van der Waals surface area contributed by atoms with Gasteiger partial charge >= 0.3 is 0 Å². The molecule has 0 amide bonds. The molecule has 4 nitrogen and oxygen atoms in total. The Morgan fingerprint density at radius 2 is 1.39 bits per heavy atom. The number of aryl methyl sites for hydroxylation is 1. The molecule has 0 saturated heterocycles. The predicted octanol–water partition coefficient (Wildman–Crippen LogP) is 4.89. The van der Waals surface area contributed by atoms with Gasteiger partial charge in [0, 0.05) is 5.56 Å². The quantitative estimate of drug-likeness (QED) is 0.331. The number of aromatic nitrogens is 2. The summed E-state index contributed by atoms with van der Waals surface area (Å²) < 4.78 is 1.37. The van der Waals surface area contributed by atoms with Gasteiger partial charge in [-0.25, -0.2) is 4.98 Å². The highest BCUT2D eigenvalue weighted by atomic mass is 16.1. The molecule has 1 aromatic heterocycles. The molecule has 0 unspecified atom stereocenters. The molecular weight excluding hydrogens is 346 g/mol. The van der Waals surface area contributed by atoms with Crippen LogP contribution in [0.5, 0.6) is 0 Å². The van der Waals surface area contributed by atoms with Crippen molar-refractivity contribution in [3.8, 4) is 0 Å². The summed E-state index contributed by atoms with van der Waals surface area (Å²) in [5, 5.41) is 9.59. The molecular formula is C24H17N3O. The molecule has 0 spiro atoms. The highest BCUT2D eigenvalue weighted by Gasteiger charge is 2.08. The van der Waals surface area contributed by atoms with Gasteiger partial charge in [0.25, 0.3) is 5.56 Å². The number of benzene rings is 4. The van der Waals surface area contributed by atoms with Crippen LogP contribution in [0.2, 0.25) is 0 Å². The van der Waals surface area contributed by atoms with E-state index in [4.69, 9.17) is 0 Å². The van der Waals surface area contributed by atoms with Gasteiger partial charge in [-0.3, -0.25) is 4.79 Å². The average molecular weight is 363 g/mol. The Morgan fingerprint density at radius 3 is 2.07 bits per heavy atom. The SMILES string of the molecule is Cc1nc2ccccc2c(=O)n1/N=C/c1c2ccccc2cc2ccccc12. The third-order valence-electron chi connectivity index (χ3n) is 5.03. The summed E-state index contributed by atoms with van der Waals surface area (Å²) >= 11 is 0. The minimum atomic E-state index is -0.163. The fourth-order valence-electron chi connectivity index (χ4n) is 3.67. The van der Waals surface area contributed by atoms with Crippen molar-refractivity contribution in [1.29, 1.82) is 0 Å². The maximum Gasteiger partial charge on any atom is 0.282 e. The predicted molar refractivity (Wildman–Crippen MR) is 115 cm³/mol. The number of hydrogen-bond donors (Lipinski definition) is 0. The topological polar surface area (TPSA) is 47.2 Å². The molecule has 4 aromatic carbocycles. The van der Waals surface area contributed by atoms with Gasteiger partial charge in [-0.2, -0.15) is 9.78 Å². The van der Waals surface area contributed by atoms with E-state index < -0.39 is 0 Å². The summed E-state index contributed by atoms with van der Waals surface area (Å²) in [6.07, 6.45) is 1.77. The monoisotopic (exact) mass is 363 g/mol. The van der Waals surface area contributed by atoms with E-state index in [-0.39, 0.29) is 5.56 Å². The molecule has 0 N–H and O–H groups in total. The van der Waals surface area contributed by atoms with Crippen LogP contribution in [0.4, 0.5) is 0 Å². The van der Waals surface area contributed by atoms with Gasteiger partial charge in [-0.15, -0.1) is 0 Å². The van der Waals surface area contributed by atoms with E-state index in [1.54, 1.807) is 19.2 Å². The number of fused-ring (bicyclic) bond motifs is 3. The second kappa shape index (κ2) is 6.43. The molecule has 0 aliphatic carbocycles. The molecule has 0 fully saturated rings. The lowest BCUT2D eigenvalue weighted by Gasteiger charge is -2.09. The molecule has 0 radical (unpaired) electrons. The van der Waals surface area contributed by atoms with Crippen molar-refractivity contribution in [1.82, 2.24) is 9.66 Å². The standard InChI is InChI=1S/C24H17N3O/c1-16-26-23-13-7-6-12-21(23)24(28)27(16)25-15-22-19-10-4-2-8-17(19)14-18-9-3-5-11-20(18)22/h2-15H,1H3/b25-15+. The number of para-hydroxylation sites is 1. The number of rotatable bonds is 2. The van der Waals surface area contributed by atoms with Crippen LogP contribution in [0.25, 0.3) is 32.4 Å². The molecule has 5 aromatic rings. The Morgan fingerprint density at radius 1 is 0.821 bits per heavy atom. The van der Waals surface area contributed by atoms with E-state index in [1.165, 1.54) is 4.68 Å². The van der Waals surface area contributed by atoms with Crippen molar-refractivity contribution in [2.24, 2.45) is 5.10 Å². The third-order valence-corrected chi connectivity index (χ3v) is 5.03. The molecule has 28 heavy (non-hydrogen) atoms. The largest absolute Gasteiger partial charge is 0.282 e. The highest BCUT2D eigenvalue weighted by Crippen LogP contribution is 2.27. The lowest BCUT2D eigenvalue weighted by Crippen LogP contribution is -2.20. The molecule has 0 saturated carbocycles. The van der Waals surface area contributed by atoms with Crippen molar-refractivity contribution in [3.63, 3.8) is 0 Å². The smallest absolute Gasteiger partial charge is 0.267 e. The molecule has 0 aliphatic rings. The Kier molecular flexibility index (Phi) is 3.76. The lowest BCUT2D eigenvalue weighted by atomic mass is 9.97. The first-order valence-electron chi connectivity index (χ1n) is 9.15. The first-order chi connectivity index (χ1) is 13.7. The first kappa shape index (κ1) is 16.4. The van der Waals surface area contributed by atoms with Crippen molar-refractivity contribution in [2.75, 3.05) is 0 Å². The zero-order valence-electron chi connectivity index (χ0n) is 15.3. The second-order valence-electron chi connectivity index (χ2n) is 6.77.